The maximum atomic E-state index is 12.7. The van der Waals surface area contributed by atoms with E-state index in [2.05, 4.69) is 9.97 Å². The number of methoxy groups -OCH3 is 3. The van der Waals surface area contributed by atoms with Crippen LogP contribution in [0.2, 0.25) is 0 Å². The highest BCUT2D eigenvalue weighted by atomic mass is 32.2. The number of rotatable bonds is 8. The molecule has 1 N–H and O–H groups in total. The maximum absolute atomic E-state index is 12.7. The fourth-order valence-corrected chi connectivity index (χ4v) is 4.25. The van der Waals surface area contributed by atoms with Gasteiger partial charge in [-0.05, 0) is 11.8 Å². The van der Waals surface area contributed by atoms with E-state index in [0.717, 1.165) is 0 Å². The van der Waals surface area contributed by atoms with E-state index in [4.69, 9.17) is 18.9 Å². The highest BCUT2D eigenvalue weighted by Gasteiger charge is 2.23. The molecule has 29 heavy (non-hydrogen) atoms. The van der Waals surface area contributed by atoms with Gasteiger partial charge in [-0.25, -0.2) is 4.98 Å². The van der Waals surface area contributed by atoms with E-state index in [1.165, 1.54) is 27.5 Å². The molecule has 8 nitrogen and oxygen atoms in total. The van der Waals surface area contributed by atoms with Gasteiger partial charge in [-0.2, -0.15) is 0 Å². The predicted octanol–water partition coefficient (Wildman–Crippen LogP) is 1.71. The van der Waals surface area contributed by atoms with Gasteiger partial charge in [0.05, 0.1) is 21.3 Å². The molecule has 0 spiro atoms. The van der Waals surface area contributed by atoms with Crippen LogP contribution in [0.1, 0.15) is 0 Å². The van der Waals surface area contributed by atoms with Gasteiger partial charge in [0.15, 0.2) is 11.5 Å². The van der Waals surface area contributed by atoms with E-state index in [1.54, 1.807) is 24.3 Å². The number of H-pyrrole nitrogens is 1. The number of aromatic amines is 1. The van der Waals surface area contributed by atoms with E-state index in [9.17, 15) is 9.90 Å². The molecule has 0 saturated carbocycles. The molecule has 0 aliphatic carbocycles. The second kappa shape index (κ2) is 8.95. The van der Waals surface area contributed by atoms with Crippen LogP contribution < -0.4 is 29.6 Å². The molecule has 3 aromatic rings. The third-order valence-corrected chi connectivity index (χ3v) is 6.19. The number of hydrogen-bond acceptors (Lipinski definition) is 7. The van der Waals surface area contributed by atoms with Crippen LogP contribution >= 0.6 is 0 Å². The molecule has 0 radical (unpaired) electrons. The molecule has 3 rings (SSSR count). The lowest BCUT2D eigenvalue weighted by Crippen LogP contribution is -2.24. The van der Waals surface area contributed by atoms with Gasteiger partial charge in [0.1, 0.15) is 30.0 Å². The summed E-state index contributed by atoms with van der Waals surface area (Å²) in [5.74, 6) is 2.20. The Labute approximate surface area is 170 Å². The number of aromatic nitrogens is 2. The number of fused-ring (bicyclic) bond motifs is 1. The van der Waals surface area contributed by atoms with Gasteiger partial charge in [-0.15, -0.1) is 0 Å². The van der Waals surface area contributed by atoms with Crippen molar-refractivity contribution in [2.45, 2.75) is 4.90 Å². The van der Waals surface area contributed by atoms with Crippen molar-refractivity contribution in [3.8, 4) is 28.7 Å². The lowest BCUT2D eigenvalue weighted by Gasteiger charge is -2.15. The number of benzene rings is 1. The van der Waals surface area contributed by atoms with Crippen LogP contribution in [0.3, 0.4) is 0 Å². The molecule has 1 aromatic carbocycles. The van der Waals surface area contributed by atoms with Crippen LogP contribution in [0.5, 0.6) is 28.7 Å². The molecule has 0 aliphatic rings. The third-order valence-electron chi connectivity index (χ3n) is 4.34. The Morgan fingerprint density at radius 1 is 1.14 bits per heavy atom. The summed E-state index contributed by atoms with van der Waals surface area (Å²) in [7, 11) is 3.98. The van der Waals surface area contributed by atoms with Crippen molar-refractivity contribution in [1.29, 1.82) is 0 Å². The first kappa shape index (κ1) is 20.7. The van der Waals surface area contributed by atoms with Gasteiger partial charge in [-0.3, -0.25) is 4.79 Å². The smallest absolute Gasteiger partial charge is 0.304 e. The third kappa shape index (κ3) is 4.19. The normalized spacial score (nSPS) is 11.9. The summed E-state index contributed by atoms with van der Waals surface area (Å²) in [5.41, 5.74) is -0.100. The van der Waals surface area contributed by atoms with E-state index in [0.29, 0.717) is 46.4 Å². The Morgan fingerprint density at radius 2 is 1.83 bits per heavy atom. The summed E-state index contributed by atoms with van der Waals surface area (Å²) < 4.78 is 21.7. The quantitative estimate of drug-likeness (QED) is 0.555. The Hall–Kier alpha value is -3.07. The van der Waals surface area contributed by atoms with E-state index >= 15 is 0 Å². The van der Waals surface area contributed by atoms with Gasteiger partial charge < -0.3 is 29.0 Å². The minimum Gasteiger partial charge on any atom is -0.868 e. The molecular weight excluding hydrogens is 396 g/mol. The van der Waals surface area contributed by atoms with Crippen molar-refractivity contribution in [3.63, 3.8) is 0 Å². The summed E-state index contributed by atoms with van der Waals surface area (Å²) in [6, 6.07) is 6.73. The van der Waals surface area contributed by atoms with Crippen LogP contribution in [0.4, 0.5) is 0 Å². The maximum Gasteiger partial charge on any atom is 0.304 e. The fourth-order valence-electron chi connectivity index (χ4n) is 2.92. The van der Waals surface area contributed by atoms with E-state index in [1.807, 2.05) is 6.26 Å². The van der Waals surface area contributed by atoms with Crippen molar-refractivity contribution in [3.05, 3.63) is 40.8 Å². The number of nitrogens with zero attached hydrogens (tertiary/aromatic N) is 1. The summed E-state index contributed by atoms with van der Waals surface area (Å²) in [6.45, 7) is 0.308. The van der Waals surface area contributed by atoms with Crippen molar-refractivity contribution < 1.29 is 24.1 Å². The van der Waals surface area contributed by atoms with Crippen LogP contribution in [0.15, 0.2) is 40.2 Å². The minimum absolute atomic E-state index is 0.235. The predicted molar refractivity (Wildman–Crippen MR) is 110 cm³/mol. The molecule has 2 aromatic heterocycles. The monoisotopic (exact) mass is 418 g/mol. The Bertz CT molecular complexity index is 1040. The topological polar surface area (TPSA) is 106 Å². The Balaban J connectivity index is 1.76. The lowest BCUT2D eigenvalue weighted by atomic mass is 10.2. The SMILES string of the molecule is COc1cc(OCC[S+](C)c2c([O-])c3cccnc3[nH]c2=O)cc(OC)c1OC. The van der Waals surface area contributed by atoms with E-state index in [-0.39, 0.29) is 10.6 Å². The molecule has 0 aliphatic heterocycles. The summed E-state index contributed by atoms with van der Waals surface area (Å²) >= 11 is 0. The van der Waals surface area contributed by atoms with Crippen LogP contribution in [0, 0.1) is 0 Å². The summed E-state index contributed by atoms with van der Waals surface area (Å²) in [6.07, 6.45) is 3.39. The second-order valence-corrected chi connectivity index (χ2v) is 8.15. The molecule has 1 unspecified atom stereocenters. The lowest BCUT2D eigenvalue weighted by molar-refractivity contribution is -0.270. The highest BCUT2D eigenvalue weighted by Crippen LogP contribution is 2.40. The molecule has 0 bridgehead atoms. The summed E-state index contributed by atoms with van der Waals surface area (Å²) in [5, 5.41) is 13.1. The first-order chi connectivity index (χ1) is 14.0. The molecule has 0 saturated heterocycles. The molecule has 0 fully saturated rings. The van der Waals surface area contributed by atoms with Gasteiger partial charge in [0.2, 0.25) is 10.6 Å². The zero-order valence-corrected chi connectivity index (χ0v) is 17.4. The van der Waals surface area contributed by atoms with Crippen LogP contribution in [-0.4, -0.2) is 49.9 Å². The van der Waals surface area contributed by atoms with Crippen LogP contribution in [0.25, 0.3) is 11.0 Å². The van der Waals surface area contributed by atoms with Crippen molar-refractivity contribution >= 4 is 21.9 Å². The van der Waals surface area contributed by atoms with E-state index < -0.39 is 16.5 Å². The average Bonchev–Trinajstić information content (AvgIpc) is 2.72. The molecule has 2 heterocycles. The van der Waals surface area contributed by atoms with Gasteiger partial charge in [0, 0.05) is 34.6 Å². The van der Waals surface area contributed by atoms with Gasteiger partial charge in [-0.1, -0.05) is 6.07 Å². The molecule has 0 amide bonds. The van der Waals surface area contributed by atoms with Gasteiger partial charge >= 0.3 is 5.56 Å². The van der Waals surface area contributed by atoms with Crippen molar-refractivity contribution in [2.24, 2.45) is 0 Å². The number of hydrogen-bond donors (Lipinski definition) is 1. The number of ether oxygens (including phenoxy) is 4. The zero-order chi connectivity index (χ0) is 21.0. The molecule has 9 heteroatoms. The van der Waals surface area contributed by atoms with Gasteiger partial charge in [0.25, 0.3) is 0 Å². The minimum atomic E-state index is -0.603. The first-order valence-electron chi connectivity index (χ1n) is 8.73. The van der Waals surface area contributed by atoms with Crippen molar-refractivity contribution in [1.82, 2.24) is 9.97 Å². The molecule has 1 atom stereocenters. The largest absolute Gasteiger partial charge is 0.868 e. The highest BCUT2D eigenvalue weighted by molar-refractivity contribution is 7.96. The molecular formula is C20H22N2O6S. The standard InChI is InChI=1S/C20H22N2O6S/c1-25-14-10-12(11-15(26-2)17(14)27-3)28-8-9-29(4)18-16(23)13-6-5-7-21-19(13)22-20(18)24/h5-7,10-11H,8-9H2,1-4H3,(H-,21,22,23,24). The number of nitrogens with one attached hydrogen (secondary N) is 1. The average molecular weight is 418 g/mol. The Morgan fingerprint density at radius 3 is 2.45 bits per heavy atom. The molecule has 154 valence electrons. The Kier molecular flexibility index (Phi) is 6.38. The first-order valence-corrected chi connectivity index (χ1v) is 10.5. The van der Waals surface area contributed by atoms with Crippen molar-refractivity contribution in [2.75, 3.05) is 39.9 Å². The summed E-state index contributed by atoms with van der Waals surface area (Å²) in [4.78, 5) is 19.3. The second-order valence-electron chi connectivity index (χ2n) is 6.06. The number of pyridine rings is 2. The van der Waals surface area contributed by atoms with Crippen LogP contribution in [-0.2, 0) is 10.9 Å². The zero-order valence-electron chi connectivity index (χ0n) is 16.6. The fraction of sp³-hybridized carbons (Fsp3) is 0.300.